The third kappa shape index (κ3) is 3.64. The van der Waals surface area contributed by atoms with E-state index in [1.165, 1.54) is 12.1 Å². The van der Waals surface area contributed by atoms with Gasteiger partial charge in [0.15, 0.2) is 5.76 Å². The van der Waals surface area contributed by atoms with Crippen LogP contribution in [-0.4, -0.2) is 0 Å². The van der Waals surface area contributed by atoms with Gasteiger partial charge in [0, 0.05) is 10.6 Å². The fourth-order valence-electron chi connectivity index (χ4n) is 2.94. The molecular formula is C23H16ClFO3. The third-order valence-corrected chi connectivity index (χ3v) is 4.66. The Labute approximate surface area is 166 Å². The normalized spacial score (nSPS) is 11.0. The summed E-state index contributed by atoms with van der Waals surface area (Å²) in [5.74, 6) is 0.121. The van der Waals surface area contributed by atoms with Gasteiger partial charge in [-0.15, -0.1) is 0 Å². The van der Waals surface area contributed by atoms with Gasteiger partial charge in [-0.2, -0.15) is 0 Å². The number of hydrogen-bond acceptors (Lipinski definition) is 3. The topological polar surface area (TPSA) is 39.4 Å². The molecule has 3 aromatic carbocycles. The maximum absolute atomic E-state index is 13.1. The molecule has 0 unspecified atom stereocenters. The quantitative estimate of drug-likeness (QED) is 0.417. The van der Waals surface area contributed by atoms with Gasteiger partial charge in [0.1, 0.15) is 18.0 Å². The van der Waals surface area contributed by atoms with Crippen LogP contribution in [0.5, 0.6) is 5.75 Å². The fraction of sp³-hybridized carbons (Fsp3) is 0.0870. The first-order valence-electron chi connectivity index (χ1n) is 8.72. The second kappa shape index (κ2) is 7.49. The summed E-state index contributed by atoms with van der Waals surface area (Å²) in [6, 6.07) is 18.3. The molecule has 3 nitrogen and oxygen atoms in total. The SMILES string of the molecule is Cc1ccc2c(=O)c(OCc3ccc(F)cc3)c(-c3ccc(Cl)cc3)oc2c1. The van der Waals surface area contributed by atoms with E-state index in [2.05, 4.69) is 0 Å². The maximum atomic E-state index is 13.1. The zero-order valence-corrected chi connectivity index (χ0v) is 15.8. The molecule has 0 saturated heterocycles. The Balaban J connectivity index is 1.84. The third-order valence-electron chi connectivity index (χ3n) is 4.41. The predicted molar refractivity (Wildman–Crippen MR) is 108 cm³/mol. The van der Waals surface area contributed by atoms with Crippen molar-refractivity contribution in [3.05, 3.63) is 98.9 Å². The lowest BCUT2D eigenvalue weighted by molar-refractivity contribution is 0.297. The van der Waals surface area contributed by atoms with E-state index < -0.39 is 0 Å². The van der Waals surface area contributed by atoms with Crippen LogP contribution >= 0.6 is 11.6 Å². The largest absolute Gasteiger partial charge is 0.481 e. The van der Waals surface area contributed by atoms with E-state index in [0.29, 0.717) is 27.3 Å². The van der Waals surface area contributed by atoms with Gasteiger partial charge < -0.3 is 9.15 Å². The van der Waals surface area contributed by atoms with Crippen molar-refractivity contribution >= 4 is 22.6 Å². The highest BCUT2D eigenvalue weighted by atomic mass is 35.5. The van der Waals surface area contributed by atoms with Crippen LogP contribution in [0.2, 0.25) is 5.02 Å². The van der Waals surface area contributed by atoms with Crippen molar-refractivity contribution in [2.24, 2.45) is 0 Å². The Morgan fingerprint density at radius 2 is 1.71 bits per heavy atom. The van der Waals surface area contributed by atoms with Crippen LogP contribution in [-0.2, 0) is 6.61 Å². The van der Waals surface area contributed by atoms with Crippen molar-refractivity contribution in [3.63, 3.8) is 0 Å². The van der Waals surface area contributed by atoms with Crippen molar-refractivity contribution in [1.82, 2.24) is 0 Å². The molecular weight excluding hydrogens is 379 g/mol. The molecule has 0 N–H and O–H groups in total. The van der Waals surface area contributed by atoms with E-state index in [0.717, 1.165) is 11.1 Å². The first kappa shape index (κ1) is 18.3. The standard InChI is InChI=1S/C23H16ClFO3/c1-14-2-11-19-20(12-14)28-22(16-5-7-17(24)8-6-16)23(21(19)26)27-13-15-3-9-18(25)10-4-15/h2-12H,13H2,1H3. The highest BCUT2D eigenvalue weighted by Gasteiger charge is 2.18. The van der Waals surface area contributed by atoms with Gasteiger partial charge in [-0.25, -0.2) is 4.39 Å². The zero-order chi connectivity index (χ0) is 19.7. The molecule has 140 valence electrons. The van der Waals surface area contributed by atoms with E-state index in [9.17, 15) is 9.18 Å². The number of aryl methyl sites for hydroxylation is 1. The van der Waals surface area contributed by atoms with E-state index in [-0.39, 0.29) is 23.6 Å². The summed E-state index contributed by atoms with van der Waals surface area (Å²) >= 11 is 5.99. The van der Waals surface area contributed by atoms with E-state index in [1.54, 1.807) is 42.5 Å². The molecule has 0 fully saturated rings. The lowest BCUT2D eigenvalue weighted by Crippen LogP contribution is -2.10. The molecule has 5 heteroatoms. The van der Waals surface area contributed by atoms with Crippen molar-refractivity contribution < 1.29 is 13.5 Å². The summed E-state index contributed by atoms with van der Waals surface area (Å²) < 4.78 is 25.0. The number of hydrogen-bond donors (Lipinski definition) is 0. The summed E-state index contributed by atoms with van der Waals surface area (Å²) in [6.45, 7) is 2.04. The monoisotopic (exact) mass is 394 g/mol. The number of rotatable bonds is 4. The Hall–Kier alpha value is -3.11. The molecule has 0 aliphatic heterocycles. The molecule has 4 rings (SSSR count). The highest BCUT2D eigenvalue weighted by Crippen LogP contribution is 2.32. The Kier molecular flexibility index (Phi) is 4.88. The van der Waals surface area contributed by atoms with Crippen LogP contribution in [0.1, 0.15) is 11.1 Å². The predicted octanol–water partition coefficient (Wildman–Crippen LogP) is 6.14. The summed E-state index contributed by atoms with van der Waals surface area (Å²) in [5.41, 5.74) is 2.64. The molecule has 28 heavy (non-hydrogen) atoms. The zero-order valence-electron chi connectivity index (χ0n) is 15.0. The van der Waals surface area contributed by atoms with Gasteiger partial charge in [0.25, 0.3) is 0 Å². The summed E-state index contributed by atoms with van der Waals surface area (Å²) in [4.78, 5) is 13.1. The Morgan fingerprint density at radius 3 is 2.43 bits per heavy atom. The van der Waals surface area contributed by atoms with Crippen LogP contribution in [0.4, 0.5) is 4.39 Å². The van der Waals surface area contributed by atoms with Crippen molar-refractivity contribution in [2.45, 2.75) is 13.5 Å². The molecule has 0 saturated carbocycles. The second-order valence-corrected chi connectivity index (χ2v) is 6.95. The molecule has 1 aromatic heterocycles. The molecule has 0 bridgehead atoms. The van der Waals surface area contributed by atoms with Crippen molar-refractivity contribution in [1.29, 1.82) is 0 Å². The molecule has 0 radical (unpaired) electrons. The molecule has 0 aliphatic rings. The molecule has 0 spiro atoms. The van der Waals surface area contributed by atoms with Gasteiger partial charge >= 0.3 is 0 Å². The van der Waals surface area contributed by atoms with Crippen LogP contribution in [0.15, 0.2) is 75.9 Å². The lowest BCUT2D eigenvalue weighted by atomic mass is 10.1. The second-order valence-electron chi connectivity index (χ2n) is 6.51. The summed E-state index contributed by atoms with van der Waals surface area (Å²) in [6.07, 6.45) is 0. The van der Waals surface area contributed by atoms with Crippen LogP contribution < -0.4 is 10.2 Å². The molecule has 0 amide bonds. The number of fused-ring (bicyclic) bond motifs is 1. The number of ether oxygens (including phenoxy) is 1. The van der Waals surface area contributed by atoms with E-state index in [1.807, 2.05) is 19.1 Å². The van der Waals surface area contributed by atoms with Crippen molar-refractivity contribution in [2.75, 3.05) is 0 Å². The minimum atomic E-state index is -0.328. The smallest absolute Gasteiger partial charge is 0.235 e. The number of halogens is 2. The maximum Gasteiger partial charge on any atom is 0.235 e. The Morgan fingerprint density at radius 1 is 1.00 bits per heavy atom. The molecule has 1 heterocycles. The van der Waals surface area contributed by atoms with Crippen molar-refractivity contribution in [3.8, 4) is 17.1 Å². The highest BCUT2D eigenvalue weighted by molar-refractivity contribution is 6.30. The molecule has 0 aliphatic carbocycles. The minimum Gasteiger partial charge on any atom is -0.481 e. The van der Waals surface area contributed by atoms with Crippen LogP contribution in [0.25, 0.3) is 22.3 Å². The van der Waals surface area contributed by atoms with Gasteiger partial charge in [-0.05, 0) is 66.6 Å². The Bertz CT molecular complexity index is 1200. The average Bonchev–Trinajstić information content (AvgIpc) is 2.69. The minimum absolute atomic E-state index is 0.114. The summed E-state index contributed by atoms with van der Waals surface area (Å²) in [5, 5.41) is 1.02. The fourth-order valence-corrected chi connectivity index (χ4v) is 3.07. The van der Waals surface area contributed by atoms with Crippen LogP contribution in [0.3, 0.4) is 0 Å². The molecule has 4 aromatic rings. The van der Waals surface area contributed by atoms with Gasteiger partial charge in [-0.1, -0.05) is 29.8 Å². The van der Waals surface area contributed by atoms with Crippen LogP contribution in [0, 0.1) is 12.7 Å². The van der Waals surface area contributed by atoms with E-state index in [4.69, 9.17) is 20.8 Å². The van der Waals surface area contributed by atoms with E-state index >= 15 is 0 Å². The van der Waals surface area contributed by atoms with Gasteiger partial charge in [-0.3, -0.25) is 4.79 Å². The molecule has 0 atom stereocenters. The number of benzene rings is 3. The average molecular weight is 395 g/mol. The lowest BCUT2D eigenvalue weighted by Gasteiger charge is -2.12. The summed E-state index contributed by atoms with van der Waals surface area (Å²) in [7, 11) is 0. The van der Waals surface area contributed by atoms with Gasteiger partial charge in [0.05, 0.1) is 5.39 Å². The first-order valence-corrected chi connectivity index (χ1v) is 9.10. The van der Waals surface area contributed by atoms with Gasteiger partial charge in [0.2, 0.25) is 11.2 Å². The first-order chi connectivity index (χ1) is 13.5.